The van der Waals surface area contributed by atoms with Gasteiger partial charge in [0.2, 0.25) is 0 Å². The molecule has 0 spiro atoms. The molecule has 0 saturated carbocycles. The van der Waals surface area contributed by atoms with Crippen LogP contribution in [0.2, 0.25) is 0 Å². The molecule has 0 aliphatic heterocycles. The van der Waals surface area contributed by atoms with E-state index < -0.39 is 0 Å². The minimum absolute atomic E-state index is 0.326. The van der Waals surface area contributed by atoms with E-state index in [9.17, 15) is 4.39 Å². The summed E-state index contributed by atoms with van der Waals surface area (Å²) in [4.78, 5) is 4.18. The molecule has 1 aromatic carbocycles. The van der Waals surface area contributed by atoms with Gasteiger partial charge in [-0.05, 0) is 49.1 Å². The van der Waals surface area contributed by atoms with E-state index >= 15 is 0 Å². The van der Waals surface area contributed by atoms with Crippen LogP contribution in [0.3, 0.4) is 0 Å². The minimum atomic E-state index is -0.326. The lowest BCUT2D eigenvalue weighted by Crippen LogP contribution is -2.24. The summed E-state index contributed by atoms with van der Waals surface area (Å²) in [5.41, 5.74) is 7.14. The van der Waals surface area contributed by atoms with Crippen molar-refractivity contribution in [3.63, 3.8) is 0 Å². The van der Waals surface area contributed by atoms with Gasteiger partial charge in [0.15, 0.2) is 0 Å². The van der Waals surface area contributed by atoms with E-state index in [0.717, 1.165) is 25.2 Å². The van der Waals surface area contributed by atoms with Gasteiger partial charge >= 0.3 is 0 Å². The number of halogens is 2. The molecule has 0 aromatic heterocycles. The molecule has 1 aromatic rings. The van der Waals surface area contributed by atoms with Crippen LogP contribution >= 0.6 is 15.9 Å². The number of hydrogen-bond donors (Lipinski definition) is 1. The normalized spacial score (nSPS) is 10.9. The van der Waals surface area contributed by atoms with Gasteiger partial charge in [-0.3, -0.25) is 0 Å². The lowest BCUT2D eigenvalue weighted by molar-refractivity contribution is 0.401. The van der Waals surface area contributed by atoms with Gasteiger partial charge in [0, 0.05) is 19.7 Å². The number of hydrogen-bond acceptors (Lipinski definition) is 3. The zero-order chi connectivity index (χ0) is 13.0. The summed E-state index contributed by atoms with van der Waals surface area (Å²) in [6, 6.07) is 3.07. The summed E-state index contributed by atoms with van der Waals surface area (Å²) < 4.78 is 13.7. The van der Waals surface area contributed by atoms with Crippen LogP contribution in [-0.2, 0) is 0 Å². The van der Waals surface area contributed by atoms with Gasteiger partial charge in [0.05, 0.1) is 15.8 Å². The van der Waals surface area contributed by atoms with Gasteiger partial charge in [-0.15, -0.1) is 0 Å². The van der Waals surface area contributed by atoms with Crippen molar-refractivity contribution >= 4 is 27.3 Å². The summed E-state index contributed by atoms with van der Waals surface area (Å²) in [7, 11) is 6.05. The van der Waals surface area contributed by atoms with Crippen LogP contribution in [0, 0.1) is 5.82 Å². The smallest absolute Gasteiger partial charge is 0.139 e. The lowest BCUT2D eigenvalue weighted by Gasteiger charge is -2.22. The number of nitrogen functional groups attached to an aromatic ring is 1. The Morgan fingerprint density at radius 3 is 2.47 bits per heavy atom. The largest absolute Gasteiger partial charge is 0.397 e. The molecule has 0 unspecified atom stereocenters. The average Bonchev–Trinajstić information content (AvgIpc) is 2.22. The molecule has 3 nitrogen and oxygen atoms in total. The molecule has 0 amide bonds. The van der Waals surface area contributed by atoms with Gasteiger partial charge in [-0.1, -0.05) is 0 Å². The molecule has 2 N–H and O–H groups in total. The number of benzene rings is 1. The predicted molar refractivity (Wildman–Crippen MR) is 75.0 cm³/mol. The number of rotatable bonds is 5. The third-order valence-electron chi connectivity index (χ3n) is 2.58. The van der Waals surface area contributed by atoms with Gasteiger partial charge < -0.3 is 15.5 Å². The second-order valence-corrected chi connectivity index (χ2v) is 5.26. The lowest BCUT2D eigenvalue weighted by atomic mass is 10.2. The fourth-order valence-corrected chi connectivity index (χ4v) is 1.96. The first-order chi connectivity index (χ1) is 7.91. The first-order valence-corrected chi connectivity index (χ1v) is 6.31. The Morgan fingerprint density at radius 1 is 1.24 bits per heavy atom. The fourth-order valence-electron chi connectivity index (χ4n) is 1.63. The first kappa shape index (κ1) is 14.3. The summed E-state index contributed by atoms with van der Waals surface area (Å²) in [5, 5.41) is 0. The molecule has 0 heterocycles. The quantitative estimate of drug-likeness (QED) is 0.849. The summed E-state index contributed by atoms with van der Waals surface area (Å²) in [5.74, 6) is -0.326. The molecule has 0 aliphatic rings. The summed E-state index contributed by atoms with van der Waals surface area (Å²) >= 11 is 3.17. The Labute approximate surface area is 111 Å². The molecular weight excluding hydrogens is 285 g/mol. The standard InChI is InChI=1S/C12H19BrFN3/c1-16(2)5-4-6-17(3)12-7-9(13)10(14)8-11(12)15/h7-8H,4-6,15H2,1-3H3. The maximum absolute atomic E-state index is 13.2. The van der Waals surface area contributed by atoms with Crippen LogP contribution in [0.25, 0.3) is 0 Å². The molecule has 1 rings (SSSR count). The third-order valence-corrected chi connectivity index (χ3v) is 3.19. The Hall–Kier alpha value is -0.810. The Bertz CT molecular complexity index is 382. The minimum Gasteiger partial charge on any atom is -0.397 e. The van der Waals surface area contributed by atoms with E-state index in [1.54, 1.807) is 6.07 Å². The van der Waals surface area contributed by atoms with E-state index in [1.165, 1.54) is 6.07 Å². The molecule has 96 valence electrons. The molecule has 0 aliphatic carbocycles. The molecule has 5 heteroatoms. The molecule has 0 atom stereocenters. The SMILES string of the molecule is CN(C)CCCN(C)c1cc(Br)c(F)cc1N. The second kappa shape index (κ2) is 6.21. The van der Waals surface area contributed by atoms with Gasteiger partial charge in [-0.25, -0.2) is 4.39 Å². The zero-order valence-electron chi connectivity index (χ0n) is 10.5. The summed E-state index contributed by atoms with van der Waals surface area (Å²) in [6.45, 7) is 1.91. The molecule has 17 heavy (non-hydrogen) atoms. The Balaban J connectivity index is 2.68. The molecule has 0 bridgehead atoms. The number of nitrogens with two attached hydrogens (primary N) is 1. The van der Waals surface area contributed by atoms with Crippen LogP contribution < -0.4 is 10.6 Å². The molecule has 0 fully saturated rings. The van der Waals surface area contributed by atoms with E-state index in [0.29, 0.717) is 10.2 Å². The summed E-state index contributed by atoms with van der Waals surface area (Å²) in [6.07, 6.45) is 1.04. The van der Waals surface area contributed by atoms with Crippen LogP contribution in [-0.4, -0.2) is 39.1 Å². The third kappa shape index (κ3) is 4.16. The second-order valence-electron chi connectivity index (χ2n) is 4.40. The van der Waals surface area contributed by atoms with Crippen molar-refractivity contribution in [3.8, 4) is 0 Å². The molecular formula is C12H19BrFN3. The highest BCUT2D eigenvalue weighted by molar-refractivity contribution is 9.10. The molecule has 0 radical (unpaired) electrons. The van der Waals surface area contributed by atoms with Crippen LogP contribution in [0.1, 0.15) is 6.42 Å². The van der Waals surface area contributed by atoms with E-state index in [1.807, 2.05) is 26.0 Å². The maximum atomic E-state index is 13.2. The zero-order valence-corrected chi connectivity index (χ0v) is 12.1. The van der Waals surface area contributed by atoms with E-state index in [4.69, 9.17) is 5.73 Å². The number of anilines is 2. The molecule has 0 saturated heterocycles. The van der Waals surface area contributed by atoms with Crippen molar-refractivity contribution in [3.05, 3.63) is 22.4 Å². The highest BCUT2D eigenvalue weighted by Gasteiger charge is 2.09. The Kier molecular flexibility index (Phi) is 5.21. The number of nitrogens with zero attached hydrogens (tertiary/aromatic N) is 2. The maximum Gasteiger partial charge on any atom is 0.139 e. The van der Waals surface area contributed by atoms with Gasteiger partial charge in [0.25, 0.3) is 0 Å². The highest BCUT2D eigenvalue weighted by atomic mass is 79.9. The van der Waals surface area contributed by atoms with Crippen molar-refractivity contribution < 1.29 is 4.39 Å². The monoisotopic (exact) mass is 303 g/mol. The topological polar surface area (TPSA) is 32.5 Å². The fraction of sp³-hybridized carbons (Fsp3) is 0.500. The van der Waals surface area contributed by atoms with Crippen LogP contribution in [0.4, 0.5) is 15.8 Å². The van der Waals surface area contributed by atoms with Crippen molar-refractivity contribution in [1.82, 2.24) is 4.90 Å². The van der Waals surface area contributed by atoms with Gasteiger partial charge in [0.1, 0.15) is 5.82 Å². The van der Waals surface area contributed by atoms with Crippen LogP contribution in [0.15, 0.2) is 16.6 Å². The van der Waals surface area contributed by atoms with Crippen molar-refractivity contribution in [2.75, 3.05) is 44.9 Å². The highest BCUT2D eigenvalue weighted by Crippen LogP contribution is 2.29. The van der Waals surface area contributed by atoms with Crippen molar-refractivity contribution in [2.24, 2.45) is 0 Å². The predicted octanol–water partition coefficient (Wildman–Crippen LogP) is 2.56. The van der Waals surface area contributed by atoms with Crippen LogP contribution in [0.5, 0.6) is 0 Å². The van der Waals surface area contributed by atoms with E-state index in [-0.39, 0.29) is 5.82 Å². The van der Waals surface area contributed by atoms with Crippen molar-refractivity contribution in [2.45, 2.75) is 6.42 Å². The van der Waals surface area contributed by atoms with Gasteiger partial charge in [-0.2, -0.15) is 0 Å². The van der Waals surface area contributed by atoms with Crippen molar-refractivity contribution in [1.29, 1.82) is 0 Å². The average molecular weight is 304 g/mol. The Morgan fingerprint density at radius 2 is 1.88 bits per heavy atom. The first-order valence-electron chi connectivity index (χ1n) is 5.52. The van der Waals surface area contributed by atoms with E-state index in [2.05, 4.69) is 20.8 Å².